The average molecular weight is 179 g/mol. The van der Waals surface area contributed by atoms with E-state index in [-0.39, 0.29) is 0 Å². The molecule has 0 atom stereocenters. The summed E-state index contributed by atoms with van der Waals surface area (Å²) in [7, 11) is 1.54. The number of hydrogen-bond donors (Lipinski definition) is 1. The number of nitrogens with zero attached hydrogens (tertiary/aromatic N) is 1. The van der Waals surface area contributed by atoms with Crippen molar-refractivity contribution in [1.82, 2.24) is 0 Å². The van der Waals surface area contributed by atoms with Crippen LogP contribution in [0.3, 0.4) is 0 Å². The number of benzene rings is 1. The van der Waals surface area contributed by atoms with Gasteiger partial charge in [0.05, 0.1) is 7.11 Å². The zero-order valence-corrected chi connectivity index (χ0v) is 7.85. The van der Waals surface area contributed by atoms with E-state index in [1.54, 1.807) is 7.11 Å². The zero-order chi connectivity index (χ0) is 9.14. The van der Waals surface area contributed by atoms with Gasteiger partial charge in [-0.2, -0.15) is 5.26 Å². The molecular formula is C9H9NOS. The number of hydrogen-bond acceptors (Lipinski definition) is 3. The van der Waals surface area contributed by atoms with Gasteiger partial charge in [0.15, 0.2) is 0 Å². The standard InChI is InChI=1S/C9H9NOS/c1-6-3-8(11-2)7(5-10)9(12)4-6/h3-4,12H,1-2H3. The Labute approximate surface area is 77.2 Å². The Hall–Kier alpha value is -1.14. The second-order valence-electron chi connectivity index (χ2n) is 2.47. The summed E-state index contributed by atoms with van der Waals surface area (Å²) in [5.41, 5.74) is 1.53. The Morgan fingerprint density at radius 2 is 2.17 bits per heavy atom. The molecule has 0 saturated heterocycles. The van der Waals surface area contributed by atoms with E-state index in [9.17, 15) is 0 Å². The van der Waals surface area contributed by atoms with Gasteiger partial charge in [0.1, 0.15) is 17.4 Å². The van der Waals surface area contributed by atoms with E-state index < -0.39 is 0 Å². The molecule has 0 bridgehead atoms. The molecule has 0 aliphatic rings. The lowest BCUT2D eigenvalue weighted by atomic mass is 10.1. The van der Waals surface area contributed by atoms with Crippen molar-refractivity contribution in [2.24, 2.45) is 0 Å². The van der Waals surface area contributed by atoms with Crippen LogP contribution in [0.5, 0.6) is 5.75 Å². The molecule has 1 aromatic rings. The summed E-state index contributed by atoms with van der Waals surface area (Å²) >= 11 is 4.17. The van der Waals surface area contributed by atoms with Crippen LogP contribution in [0.4, 0.5) is 0 Å². The van der Waals surface area contributed by atoms with Crippen LogP contribution in [0.25, 0.3) is 0 Å². The van der Waals surface area contributed by atoms with Crippen LogP contribution in [-0.2, 0) is 0 Å². The van der Waals surface area contributed by atoms with Crippen LogP contribution in [0, 0.1) is 18.3 Å². The van der Waals surface area contributed by atoms with Crippen LogP contribution in [-0.4, -0.2) is 7.11 Å². The molecule has 1 aromatic carbocycles. The van der Waals surface area contributed by atoms with Crippen LogP contribution in [0.2, 0.25) is 0 Å². The number of aryl methyl sites for hydroxylation is 1. The normalized spacial score (nSPS) is 9.17. The highest BCUT2D eigenvalue weighted by atomic mass is 32.1. The lowest BCUT2D eigenvalue weighted by Gasteiger charge is -2.05. The Balaban J connectivity index is 3.36. The maximum Gasteiger partial charge on any atom is 0.138 e. The van der Waals surface area contributed by atoms with Crippen molar-refractivity contribution in [3.05, 3.63) is 23.3 Å². The molecule has 0 aromatic heterocycles. The Morgan fingerprint density at radius 3 is 2.67 bits per heavy atom. The zero-order valence-electron chi connectivity index (χ0n) is 6.96. The van der Waals surface area contributed by atoms with Gasteiger partial charge < -0.3 is 4.74 Å². The molecule has 0 aliphatic carbocycles. The molecule has 0 amide bonds. The molecule has 0 spiro atoms. The van der Waals surface area contributed by atoms with Gasteiger partial charge >= 0.3 is 0 Å². The van der Waals surface area contributed by atoms with Gasteiger partial charge in [-0.25, -0.2) is 0 Å². The van der Waals surface area contributed by atoms with Crippen molar-refractivity contribution in [1.29, 1.82) is 5.26 Å². The first-order chi connectivity index (χ1) is 5.69. The largest absolute Gasteiger partial charge is 0.495 e. The fourth-order valence-corrected chi connectivity index (χ4v) is 1.37. The third kappa shape index (κ3) is 1.54. The summed E-state index contributed by atoms with van der Waals surface area (Å²) in [6, 6.07) is 5.70. The van der Waals surface area contributed by atoms with E-state index in [4.69, 9.17) is 10.00 Å². The molecule has 62 valence electrons. The smallest absolute Gasteiger partial charge is 0.138 e. The molecule has 1 rings (SSSR count). The van der Waals surface area contributed by atoms with E-state index in [0.717, 1.165) is 5.56 Å². The van der Waals surface area contributed by atoms with Gasteiger partial charge in [-0.1, -0.05) is 0 Å². The lowest BCUT2D eigenvalue weighted by Crippen LogP contribution is -1.90. The molecule has 0 aliphatic heterocycles. The number of nitriles is 1. The second-order valence-corrected chi connectivity index (χ2v) is 2.95. The summed E-state index contributed by atoms with van der Waals surface area (Å²) in [5.74, 6) is 0.586. The van der Waals surface area contributed by atoms with E-state index in [1.165, 1.54) is 0 Å². The first-order valence-corrected chi connectivity index (χ1v) is 3.91. The van der Waals surface area contributed by atoms with E-state index in [0.29, 0.717) is 16.2 Å². The Kier molecular flexibility index (Phi) is 2.61. The first kappa shape index (κ1) is 8.95. The van der Waals surface area contributed by atoms with E-state index in [1.807, 2.05) is 25.1 Å². The van der Waals surface area contributed by atoms with Gasteiger partial charge in [0.2, 0.25) is 0 Å². The highest BCUT2D eigenvalue weighted by molar-refractivity contribution is 7.80. The molecule has 0 radical (unpaired) electrons. The fraction of sp³-hybridized carbons (Fsp3) is 0.222. The monoisotopic (exact) mass is 179 g/mol. The highest BCUT2D eigenvalue weighted by Gasteiger charge is 2.06. The maximum atomic E-state index is 8.74. The summed E-state index contributed by atoms with van der Waals surface area (Å²) in [6.07, 6.45) is 0. The van der Waals surface area contributed by atoms with Crippen molar-refractivity contribution >= 4 is 12.6 Å². The summed E-state index contributed by atoms with van der Waals surface area (Å²) in [6.45, 7) is 1.93. The SMILES string of the molecule is COc1cc(C)cc(S)c1C#N. The average Bonchev–Trinajstić information content (AvgIpc) is 2.03. The van der Waals surface area contributed by atoms with Gasteiger partial charge in [-0.15, -0.1) is 12.6 Å². The third-order valence-electron chi connectivity index (χ3n) is 1.56. The topological polar surface area (TPSA) is 33.0 Å². The van der Waals surface area contributed by atoms with Crippen molar-refractivity contribution in [3.8, 4) is 11.8 Å². The van der Waals surface area contributed by atoms with Crippen molar-refractivity contribution < 1.29 is 4.74 Å². The summed E-state index contributed by atoms with van der Waals surface area (Å²) in [5, 5.41) is 8.74. The quantitative estimate of drug-likeness (QED) is 0.670. The number of ether oxygens (including phenoxy) is 1. The minimum absolute atomic E-state index is 0.492. The second kappa shape index (κ2) is 3.51. The van der Waals surface area contributed by atoms with E-state index in [2.05, 4.69) is 12.6 Å². The maximum absolute atomic E-state index is 8.74. The molecular weight excluding hydrogens is 170 g/mol. The lowest BCUT2D eigenvalue weighted by molar-refractivity contribution is 0.412. The van der Waals surface area contributed by atoms with Crippen LogP contribution < -0.4 is 4.74 Å². The number of rotatable bonds is 1. The Morgan fingerprint density at radius 1 is 1.50 bits per heavy atom. The molecule has 0 fully saturated rings. The van der Waals surface area contributed by atoms with Gasteiger partial charge in [0.25, 0.3) is 0 Å². The summed E-state index contributed by atoms with van der Waals surface area (Å²) in [4.78, 5) is 0.661. The first-order valence-electron chi connectivity index (χ1n) is 3.46. The minimum atomic E-state index is 0.492. The minimum Gasteiger partial charge on any atom is -0.495 e. The molecule has 0 saturated carbocycles. The molecule has 0 N–H and O–H groups in total. The van der Waals surface area contributed by atoms with Crippen molar-refractivity contribution in [2.75, 3.05) is 7.11 Å². The van der Waals surface area contributed by atoms with Crippen LogP contribution in [0.15, 0.2) is 17.0 Å². The predicted molar refractivity (Wildman–Crippen MR) is 49.7 cm³/mol. The fourth-order valence-electron chi connectivity index (χ4n) is 1.01. The summed E-state index contributed by atoms with van der Waals surface area (Å²) < 4.78 is 5.03. The predicted octanol–water partition coefficient (Wildman–Crippen LogP) is 2.16. The molecule has 12 heavy (non-hydrogen) atoms. The van der Waals surface area contributed by atoms with E-state index >= 15 is 0 Å². The Bertz CT molecular complexity index is 341. The molecule has 0 unspecified atom stereocenters. The molecule has 2 nitrogen and oxygen atoms in total. The van der Waals surface area contributed by atoms with Crippen LogP contribution >= 0.6 is 12.6 Å². The molecule has 0 heterocycles. The van der Waals surface area contributed by atoms with Crippen molar-refractivity contribution in [3.63, 3.8) is 0 Å². The number of methoxy groups -OCH3 is 1. The van der Waals surface area contributed by atoms with Gasteiger partial charge in [-0.05, 0) is 24.6 Å². The van der Waals surface area contributed by atoms with Crippen LogP contribution in [0.1, 0.15) is 11.1 Å². The van der Waals surface area contributed by atoms with Gasteiger partial charge in [0, 0.05) is 4.90 Å². The third-order valence-corrected chi connectivity index (χ3v) is 1.91. The van der Waals surface area contributed by atoms with Crippen molar-refractivity contribution in [2.45, 2.75) is 11.8 Å². The molecule has 3 heteroatoms. The number of thiol groups is 1. The van der Waals surface area contributed by atoms with Gasteiger partial charge in [-0.3, -0.25) is 0 Å². The highest BCUT2D eigenvalue weighted by Crippen LogP contribution is 2.25.